The minimum absolute atomic E-state index is 0. The zero-order chi connectivity index (χ0) is 8.15. The third kappa shape index (κ3) is 7.84. The summed E-state index contributed by atoms with van der Waals surface area (Å²) in [7, 11) is 0. The maximum Gasteiger partial charge on any atom is 1.00 e. The minimum atomic E-state index is -1.20. The molecule has 0 aromatic carbocycles. The van der Waals surface area contributed by atoms with Gasteiger partial charge in [0.05, 0.1) is 5.92 Å². The number of carbonyl (C=O) groups is 2. The number of carbonyl (C=O) groups excluding carboxylic acids is 1. The molecule has 0 radical (unpaired) electrons. The van der Waals surface area contributed by atoms with Gasteiger partial charge in [0, 0.05) is 5.97 Å². The Labute approximate surface area is 86.9 Å². The molecule has 1 atom stereocenters. The molecule has 4 nitrogen and oxygen atoms in total. The molecule has 0 heterocycles. The Kier molecular flexibility index (Phi) is 8.16. The zero-order valence-corrected chi connectivity index (χ0v) is 8.66. The molecule has 1 unspecified atom stereocenters. The molecule has 11 heavy (non-hydrogen) atoms. The summed E-state index contributed by atoms with van der Waals surface area (Å²) in [5.74, 6) is -2.77. The van der Waals surface area contributed by atoms with Crippen molar-refractivity contribution in [2.75, 3.05) is 0 Å². The van der Waals surface area contributed by atoms with Gasteiger partial charge in [-0.1, -0.05) is 6.92 Å². The van der Waals surface area contributed by atoms with Crippen molar-refractivity contribution in [2.45, 2.75) is 19.8 Å². The summed E-state index contributed by atoms with van der Waals surface area (Å²) >= 11 is 0. The van der Waals surface area contributed by atoms with Crippen LogP contribution in [0.25, 0.3) is 0 Å². The summed E-state index contributed by atoms with van der Waals surface area (Å²) in [4.78, 5) is 19.9. The quantitative estimate of drug-likeness (QED) is 0.437. The molecule has 0 aliphatic heterocycles. The molecule has 5 heteroatoms. The van der Waals surface area contributed by atoms with E-state index in [2.05, 4.69) is 0 Å². The second-order valence-corrected chi connectivity index (χ2v) is 2.15. The van der Waals surface area contributed by atoms with Crippen molar-refractivity contribution in [1.82, 2.24) is 0 Å². The monoisotopic (exact) mass is 168 g/mol. The van der Waals surface area contributed by atoms with Crippen LogP contribution in [-0.2, 0) is 9.59 Å². The fourth-order valence-electron chi connectivity index (χ4n) is 0.458. The van der Waals surface area contributed by atoms with Crippen molar-refractivity contribution in [2.24, 2.45) is 5.92 Å². The van der Waals surface area contributed by atoms with E-state index in [1.165, 1.54) is 6.92 Å². The molecular formula is C6H9NaO4. The van der Waals surface area contributed by atoms with E-state index in [1.807, 2.05) is 0 Å². The first-order chi connectivity index (χ1) is 4.54. The van der Waals surface area contributed by atoms with Crippen LogP contribution in [0.15, 0.2) is 0 Å². The maximum absolute atomic E-state index is 10.1. The topological polar surface area (TPSA) is 77.4 Å². The Morgan fingerprint density at radius 2 is 2.00 bits per heavy atom. The molecule has 0 aliphatic rings. The van der Waals surface area contributed by atoms with E-state index in [-0.39, 0.29) is 42.4 Å². The summed E-state index contributed by atoms with van der Waals surface area (Å²) in [6.45, 7) is 1.46. The van der Waals surface area contributed by atoms with Crippen LogP contribution < -0.4 is 34.7 Å². The zero-order valence-electron chi connectivity index (χ0n) is 6.66. The molecule has 0 saturated carbocycles. The van der Waals surface area contributed by atoms with Gasteiger partial charge in [0.2, 0.25) is 0 Å². The molecule has 0 aromatic rings. The molecule has 1 N–H and O–H groups in total. The molecule has 0 bridgehead atoms. The molecule has 0 aliphatic carbocycles. The van der Waals surface area contributed by atoms with Gasteiger partial charge >= 0.3 is 35.5 Å². The second kappa shape index (κ2) is 6.64. The van der Waals surface area contributed by atoms with E-state index in [4.69, 9.17) is 5.11 Å². The minimum Gasteiger partial charge on any atom is -0.550 e. The number of carboxylic acids is 2. The average Bonchev–Trinajstić information content (AvgIpc) is 1.82. The van der Waals surface area contributed by atoms with Gasteiger partial charge in [0.15, 0.2) is 0 Å². The van der Waals surface area contributed by atoms with Crippen LogP contribution in [0.1, 0.15) is 19.8 Å². The van der Waals surface area contributed by atoms with E-state index >= 15 is 0 Å². The molecule has 0 aromatic heterocycles. The van der Waals surface area contributed by atoms with Gasteiger partial charge in [0.1, 0.15) is 0 Å². The first-order valence-electron chi connectivity index (χ1n) is 2.96. The smallest absolute Gasteiger partial charge is 0.550 e. The van der Waals surface area contributed by atoms with E-state index in [0.29, 0.717) is 0 Å². The first-order valence-corrected chi connectivity index (χ1v) is 2.96. The number of aliphatic carboxylic acids is 2. The van der Waals surface area contributed by atoms with Crippen LogP contribution in [0.5, 0.6) is 0 Å². The van der Waals surface area contributed by atoms with Crippen molar-refractivity contribution in [3.05, 3.63) is 0 Å². The van der Waals surface area contributed by atoms with Gasteiger partial charge in [-0.25, -0.2) is 0 Å². The fraction of sp³-hybridized carbons (Fsp3) is 0.667. The largest absolute Gasteiger partial charge is 1.00 e. The van der Waals surface area contributed by atoms with Crippen LogP contribution >= 0.6 is 0 Å². The number of rotatable bonds is 4. The summed E-state index contributed by atoms with van der Waals surface area (Å²) in [5, 5.41) is 18.1. The van der Waals surface area contributed by atoms with Gasteiger partial charge in [0.25, 0.3) is 0 Å². The normalized spacial score (nSPS) is 11.4. The van der Waals surface area contributed by atoms with Crippen molar-refractivity contribution in [3.63, 3.8) is 0 Å². The van der Waals surface area contributed by atoms with Gasteiger partial charge < -0.3 is 15.0 Å². The average molecular weight is 168 g/mol. The molecule has 0 spiro atoms. The van der Waals surface area contributed by atoms with E-state index in [1.54, 1.807) is 0 Å². The Morgan fingerprint density at radius 3 is 2.27 bits per heavy atom. The van der Waals surface area contributed by atoms with E-state index in [0.717, 1.165) is 0 Å². The summed E-state index contributed by atoms with van der Waals surface area (Å²) in [6.07, 6.45) is -0.0505. The van der Waals surface area contributed by atoms with E-state index < -0.39 is 17.9 Å². The molecular weight excluding hydrogens is 159 g/mol. The first kappa shape index (κ1) is 13.5. The predicted molar refractivity (Wildman–Crippen MR) is 31.0 cm³/mol. The molecule has 0 saturated heterocycles. The van der Waals surface area contributed by atoms with Crippen LogP contribution in [-0.4, -0.2) is 17.0 Å². The van der Waals surface area contributed by atoms with Crippen molar-refractivity contribution in [3.8, 4) is 0 Å². The van der Waals surface area contributed by atoms with Gasteiger partial charge in [-0.15, -0.1) is 0 Å². The molecule has 0 amide bonds. The number of hydrogen-bond acceptors (Lipinski definition) is 3. The Morgan fingerprint density at radius 1 is 1.55 bits per heavy atom. The Balaban J connectivity index is 0. The van der Waals surface area contributed by atoms with Crippen LogP contribution in [0.3, 0.4) is 0 Å². The fourth-order valence-corrected chi connectivity index (χ4v) is 0.458. The maximum atomic E-state index is 10.1. The molecule has 0 rings (SSSR count). The summed E-state index contributed by atoms with van der Waals surface area (Å²) in [6, 6.07) is 0. The van der Waals surface area contributed by atoms with Crippen molar-refractivity contribution >= 4 is 11.9 Å². The molecule has 58 valence electrons. The number of hydrogen-bond donors (Lipinski definition) is 1. The number of carboxylic acid groups (broad SMARTS) is 2. The summed E-state index contributed by atoms with van der Waals surface area (Å²) in [5.41, 5.74) is 0. The van der Waals surface area contributed by atoms with Crippen LogP contribution in [0, 0.1) is 5.92 Å². The van der Waals surface area contributed by atoms with Gasteiger partial charge in [-0.2, -0.15) is 0 Å². The second-order valence-electron chi connectivity index (χ2n) is 2.15. The predicted octanol–water partition coefficient (Wildman–Crippen LogP) is -3.76. The SMILES string of the molecule is CC(CCC(=O)[O-])C(=O)O.[Na+]. The van der Waals surface area contributed by atoms with Crippen LogP contribution in [0.4, 0.5) is 0 Å². The standard InChI is InChI=1S/C6H10O4.Na/c1-4(6(9)10)2-3-5(7)8;/h4H,2-3H2,1H3,(H,7,8)(H,9,10);/q;+1/p-1. The third-order valence-electron chi connectivity index (χ3n) is 1.20. The van der Waals surface area contributed by atoms with Gasteiger partial charge in [-0.05, 0) is 12.8 Å². The van der Waals surface area contributed by atoms with Crippen molar-refractivity contribution < 1.29 is 49.4 Å². The Hall–Kier alpha value is -0.0600. The van der Waals surface area contributed by atoms with Crippen LogP contribution in [0.2, 0.25) is 0 Å². The molecule has 0 fully saturated rings. The van der Waals surface area contributed by atoms with Gasteiger partial charge in [-0.3, -0.25) is 4.79 Å². The summed E-state index contributed by atoms with van der Waals surface area (Å²) < 4.78 is 0. The van der Waals surface area contributed by atoms with E-state index in [9.17, 15) is 14.7 Å². The third-order valence-corrected chi connectivity index (χ3v) is 1.20. The van der Waals surface area contributed by atoms with Crippen molar-refractivity contribution in [1.29, 1.82) is 0 Å². The Bertz CT molecular complexity index is 146.